The normalized spacial score (nSPS) is 14.0. The van der Waals surface area contributed by atoms with E-state index in [1.807, 2.05) is 0 Å². The molecule has 2 atom stereocenters. The predicted molar refractivity (Wildman–Crippen MR) is 69.4 cm³/mol. The number of carbonyl (C=O) groups is 2. The van der Waals surface area contributed by atoms with Gasteiger partial charge in [-0.2, -0.15) is 0 Å². The molecule has 16 heavy (non-hydrogen) atoms. The van der Waals surface area contributed by atoms with Gasteiger partial charge in [0.25, 0.3) is 0 Å². The Morgan fingerprint density at radius 1 is 0.688 bits per heavy atom. The Kier molecular flexibility index (Phi) is 12.0. The Balaban J connectivity index is 0. The Bertz CT molecular complexity index is 154. The molecule has 96 valence electrons. The quantitative estimate of drug-likeness (QED) is 0.649. The lowest BCUT2D eigenvalue weighted by Crippen LogP contribution is -2.03. The predicted octanol–water partition coefficient (Wildman–Crippen LogP) is 3.74. The van der Waals surface area contributed by atoms with Gasteiger partial charge in [0, 0.05) is 12.8 Å². The molecule has 2 heteroatoms. The second-order valence-corrected chi connectivity index (χ2v) is 5.25. The third-order valence-corrected chi connectivity index (χ3v) is 3.21. The molecule has 2 unspecified atom stereocenters. The monoisotopic (exact) mass is 228 g/mol. The molecule has 0 aromatic rings. The molecule has 2 nitrogen and oxygen atoms in total. The minimum Gasteiger partial charge on any atom is -0.303 e. The van der Waals surface area contributed by atoms with E-state index in [-0.39, 0.29) is 0 Å². The first-order chi connectivity index (χ1) is 7.36. The van der Waals surface area contributed by atoms with Crippen molar-refractivity contribution in [1.29, 1.82) is 0 Å². The van der Waals surface area contributed by atoms with Crippen molar-refractivity contribution >= 4 is 12.6 Å². The zero-order valence-corrected chi connectivity index (χ0v) is 11.7. The molecule has 0 N–H and O–H groups in total. The second kappa shape index (κ2) is 10.8. The Labute approximate surface area is 101 Å². The van der Waals surface area contributed by atoms with Crippen molar-refractivity contribution < 1.29 is 9.59 Å². The number of carbonyl (C=O) groups excluding carboxylic acids is 2. The standard InChI is InChI=1S/2C7H14O/c2*1-6(2)7(3)4-5-8/h2*5-7H,4H2,1-3H3. The summed E-state index contributed by atoms with van der Waals surface area (Å²) in [5.74, 6) is 2.38. The largest absolute Gasteiger partial charge is 0.303 e. The van der Waals surface area contributed by atoms with Gasteiger partial charge in [0.1, 0.15) is 12.6 Å². The van der Waals surface area contributed by atoms with E-state index in [0.717, 1.165) is 12.6 Å². The van der Waals surface area contributed by atoms with Gasteiger partial charge in [-0.1, -0.05) is 41.5 Å². The van der Waals surface area contributed by atoms with E-state index in [1.54, 1.807) is 0 Å². The van der Waals surface area contributed by atoms with E-state index in [0.29, 0.717) is 36.5 Å². The average Bonchev–Trinajstić information content (AvgIpc) is 2.19. The molecule has 0 rings (SSSR count). The van der Waals surface area contributed by atoms with Gasteiger partial charge in [0.15, 0.2) is 0 Å². The molecule has 0 aromatic carbocycles. The minimum atomic E-state index is 0.549. The summed E-state index contributed by atoms with van der Waals surface area (Å²) in [6, 6.07) is 0. The van der Waals surface area contributed by atoms with E-state index in [9.17, 15) is 9.59 Å². The fourth-order valence-electron chi connectivity index (χ4n) is 0.848. The summed E-state index contributed by atoms with van der Waals surface area (Å²) in [5.41, 5.74) is 0. The van der Waals surface area contributed by atoms with Crippen molar-refractivity contribution in [2.24, 2.45) is 23.7 Å². The molecule has 0 amide bonds. The molecule has 0 radical (unpaired) electrons. The molecule has 0 saturated heterocycles. The van der Waals surface area contributed by atoms with Crippen LogP contribution >= 0.6 is 0 Å². The van der Waals surface area contributed by atoms with Crippen molar-refractivity contribution in [2.75, 3.05) is 0 Å². The Morgan fingerprint density at radius 3 is 1.00 bits per heavy atom. The maximum absolute atomic E-state index is 9.92. The SMILES string of the molecule is CC(C)C(C)CC=O.CC(C)C(C)CC=O. The molecule has 0 heterocycles. The molecule has 0 aliphatic rings. The highest BCUT2D eigenvalue weighted by atomic mass is 16.1. The van der Waals surface area contributed by atoms with Gasteiger partial charge in [0.2, 0.25) is 0 Å². The summed E-state index contributed by atoms with van der Waals surface area (Å²) < 4.78 is 0. The lowest BCUT2D eigenvalue weighted by molar-refractivity contribution is -0.109. The maximum atomic E-state index is 9.92. The Hall–Kier alpha value is -0.660. The molecule has 0 aliphatic carbocycles. The first-order valence-electron chi connectivity index (χ1n) is 6.24. The molecule has 0 aliphatic heterocycles. The van der Waals surface area contributed by atoms with Gasteiger partial charge >= 0.3 is 0 Å². The summed E-state index contributed by atoms with van der Waals surface area (Å²) >= 11 is 0. The van der Waals surface area contributed by atoms with Crippen LogP contribution in [0.1, 0.15) is 54.4 Å². The number of rotatable bonds is 6. The van der Waals surface area contributed by atoms with Gasteiger partial charge in [-0.05, 0) is 23.7 Å². The highest BCUT2D eigenvalue weighted by Gasteiger charge is 2.04. The van der Waals surface area contributed by atoms with Crippen molar-refractivity contribution in [3.05, 3.63) is 0 Å². The van der Waals surface area contributed by atoms with Crippen LogP contribution in [0, 0.1) is 23.7 Å². The van der Waals surface area contributed by atoms with Crippen LogP contribution in [0.25, 0.3) is 0 Å². The van der Waals surface area contributed by atoms with Gasteiger partial charge in [0.05, 0.1) is 0 Å². The van der Waals surface area contributed by atoms with E-state index in [4.69, 9.17) is 0 Å². The molecular weight excluding hydrogens is 200 g/mol. The second-order valence-electron chi connectivity index (χ2n) is 5.25. The lowest BCUT2D eigenvalue weighted by atomic mass is 9.96. The number of hydrogen-bond acceptors (Lipinski definition) is 2. The number of aldehydes is 2. The molecule has 0 saturated carbocycles. The summed E-state index contributed by atoms with van der Waals surface area (Å²) in [5, 5.41) is 0. The molecule has 0 bridgehead atoms. The van der Waals surface area contributed by atoms with Crippen LogP contribution in [0.5, 0.6) is 0 Å². The smallest absolute Gasteiger partial charge is 0.120 e. The average molecular weight is 228 g/mol. The molecule has 0 aromatic heterocycles. The van der Waals surface area contributed by atoms with Gasteiger partial charge in [-0.15, -0.1) is 0 Å². The van der Waals surface area contributed by atoms with E-state index >= 15 is 0 Å². The van der Waals surface area contributed by atoms with Crippen LogP contribution in [0.3, 0.4) is 0 Å². The zero-order valence-electron chi connectivity index (χ0n) is 11.7. The first-order valence-corrected chi connectivity index (χ1v) is 6.24. The molecule has 0 fully saturated rings. The molecular formula is C14H28O2. The van der Waals surface area contributed by atoms with Gasteiger partial charge in [-0.25, -0.2) is 0 Å². The maximum Gasteiger partial charge on any atom is 0.120 e. The molecule has 0 spiro atoms. The van der Waals surface area contributed by atoms with Crippen molar-refractivity contribution in [3.63, 3.8) is 0 Å². The van der Waals surface area contributed by atoms with Crippen LogP contribution in [0.4, 0.5) is 0 Å². The summed E-state index contributed by atoms with van der Waals surface area (Å²) in [6.45, 7) is 12.7. The number of hydrogen-bond donors (Lipinski definition) is 0. The van der Waals surface area contributed by atoms with Crippen molar-refractivity contribution in [1.82, 2.24) is 0 Å². The van der Waals surface area contributed by atoms with Gasteiger partial charge < -0.3 is 9.59 Å². The van der Waals surface area contributed by atoms with E-state index in [1.165, 1.54) is 0 Å². The van der Waals surface area contributed by atoms with Crippen LogP contribution < -0.4 is 0 Å². The summed E-state index contributed by atoms with van der Waals surface area (Å²) in [7, 11) is 0. The first kappa shape index (κ1) is 17.7. The van der Waals surface area contributed by atoms with Crippen molar-refractivity contribution in [2.45, 2.75) is 54.4 Å². The highest BCUT2D eigenvalue weighted by molar-refractivity contribution is 5.49. The minimum absolute atomic E-state index is 0.549. The third kappa shape index (κ3) is 11.4. The summed E-state index contributed by atoms with van der Waals surface area (Å²) in [6.07, 6.45) is 3.39. The lowest BCUT2D eigenvalue weighted by Gasteiger charge is -2.09. The van der Waals surface area contributed by atoms with E-state index < -0.39 is 0 Å². The fraction of sp³-hybridized carbons (Fsp3) is 0.857. The third-order valence-electron chi connectivity index (χ3n) is 3.21. The van der Waals surface area contributed by atoms with Crippen LogP contribution in [-0.4, -0.2) is 12.6 Å². The zero-order chi connectivity index (χ0) is 13.1. The fourth-order valence-corrected chi connectivity index (χ4v) is 0.848. The highest BCUT2D eigenvalue weighted by Crippen LogP contribution is 2.11. The Morgan fingerprint density at radius 2 is 0.938 bits per heavy atom. The van der Waals surface area contributed by atoms with Crippen LogP contribution in [-0.2, 0) is 9.59 Å². The topological polar surface area (TPSA) is 34.1 Å². The van der Waals surface area contributed by atoms with Crippen LogP contribution in [0.2, 0.25) is 0 Å². The van der Waals surface area contributed by atoms with Crippen molar-refractivity contribution in [3.8, 4) is 0 Å². The van der Waals surface area contributed by atoms with Crippen LogP contribution in [0.15, 0.2) is 0 Å². The van der Waals surface area contributed by atoms with E-state index in [2.05, 4.69) is 41.5 Å². The summed E-state index contributed by atoms with van der Waals surface area (Å²) in [4.78, 5) is 19.8. The van der Waals surface area contributed by atoms with Gasteiger partial charge in [-0.3, -0.25) is 0 Å².